The lowest BCUT2D eigenvalue weighted by molar-refractivity contribution is -0.0500. The Hall–Kier alpha value is -2.30. The van der Waals surface area contributed by atoms with Crippen LogP contribution in [0, 0.1) is 0 Å². The number of furan rings is 1. The average molecular weight is 339 g/mol. The number of carbonyl (C=O) groups is 1. The van der Waals surface area contributed by atoms with E-state index in [1.165, 1.54) is 19.2 Å². The van der Waals surface area contributed by atoms with Gasteiger partial charge in [0.15, 0.2) is 0 Å². The molecule has 0 atom stereocenters. The molecule has 0 amide bonds. The van der Waals surface area contributed by atoms with Crippen molar-refractivity contribution in [2.45, 2.75) is 12.4 Å². The molecule has 2 aromatic rings. The van der Waals surface area contributed by atoms with Crippen molar-refractivity contribution in [2.24, 2.45) is 0 Å². The molecule has 0 fully saturated rings. The first-order valence-corrected chi connectivity index (χ1v) is 7.12. The van der Waals surface area contributed by atoms with Crippen LogP contribution in [0.15, 0.2) is 22.9 Å². The summed E-state index contributed by atoms with van der Waals surface area (Å²) in [4.78, 5) is 15.3. The first kappa shape index (κ1) is 16.1. The second-order valence-electron chi connectivity index (χ2n) is 3.84. The maximum Gasteiger partial charge on any atom is 0.534 e. The number of fused-ring (bicyclic) bond motifs is 1. The van der Waals surface area contributed by atoms with Crippen molar-refractivity contribution in [1.82, 2.24) is 4.98 Å². The third-order valence-corrected chi connectivity index (χ3v) is 3.33. The van der Waals surface area contributed by atoms with E-state index in [4.69, 9.17) is 4.42 Å². The summed E-state index contributed by atoms with van der Waals surface area (Å²) in [5.74, 6) is -2.87. The van der Waals surface area contributed by atoms with E-state index < -0.39 is 33.1 Å². The Bertz CT molecular complexity index is 811. The largest absolute Gasteiger partial charge is 0.534 e. The van der Waals surface area contributed by atoms with Crippen molar-refractivity contribution in [3.63, 3.8) is 0 Å². The molecule has 2 heterocycles. The smallest absolute Gasteiger partial charge is 0.460 e. The van der Waals surface area contributed by atoms with Crippen molar-refractivity contribution in [3.8, 4) is 5.75 Å². The summed E-state index contributed by atoms with van der Waals surface area (Å²) in [6.07, 6.45) is 2.24. The number of halogens is 3. The van der Waals surface area contributed by atoms with Gasteiger partial charge in [-0.25, -0.2) is 4.79 Å². The number of carbonyl (C=O) groups excluding carboxylic acids is 1. The van der Waals surface area contributed by atoms with Crippen LogP contribution in [0.3, 0.4) is 0 Å². The Balaban J connectivity index is 2.60. The van der Waals surface area contributed by atoms with Crippen LogP contribution in [0.5, 0.6) is 5.75 Å². The van der Waals surface area contributed by atoms with Gasteiger partial charge >= 0.3 is 21.6 Å². The number of aromatic nitrogens is 1. The highest BCUT2D eigenvalue weighted by molar-refractivity contribution is 7.88. The molecule has 0 aliphatic heterocycles. The van der Waals surface area contributed by atoms with Crippen molar-refractivity contribution in [2.75, 3.05) is 6.61 Å². The second-order valence-corrected chi connectivity index (χ2v) is 5.37. The van der Waals surface area contributed by atoms with E-state index in [1.807, 2.05) is 0 Å². The molecule has 0 spiro atoms. The van der Waals surface area contributed by atoms with Crippen LogP contribution in [-0.2, 0) is 14.9 Å². The molecule has 0 aliphatic carbocycles. The number of ether oxygens (including phenoxy) is 1. The predicted molar refractivity (Wildman–Crippen MR) is 65.6 cm³/mol. The fraction of sp³-hybridized carbons (Fsp3) is 0.273. The average Bonchev–Trinajstić information content (AvgIpc) is 2.76. The van der Waals surface area contributed by atoms with Gasteiger partial charge in [0.2, 0.25) is 5.75 Å². The van der Waals surface area contributed by atoms with E-state index in [9.17, 15) is 26.4 Å². The van der Waals surface area contributed by atoms with Crippen LogP contribution in [0.25, 0.3) is 11.0 Å². The molecular formula is C11H8F3NO6S. The van der Waals surface area contributed by atoms with E-state index in [1.54, 1.807) is 0 Å². The molecular weight excluding hydrogens is 331 g/mol. The summed E-state index contributed by atoms with van der Waals surface area (Å²) < 4.78 is 73.2. The number of rotatable bonds is 4. The fourth-order valence-electron chi connectivity index (χ4n) is 1.49. The summed E-state index contributed by atoms with van der Waals surface area (Å²) in [5, 5.41) is -0.210. The highest BCUT2D eigenvalue weighted by atomic mass is 32.2. The summed E-state index contributed by atoms with van der Waals surface area (Å²) in [6.45, 7) is 1.36. The Morgan fingerprint density at radius 3 is 2.68 bits per heavy atom. The predicted octanol–water partition coefficient (Wildman–Crippen LogP) is 2.23. The molecule has 0 aliphatic rings. The number of nitrogens with zero attached hydrogens (tertiary/aromatic N) is 1. The normalized spacial score (nSPS) is 12.4. The lowest BCUT2D eigenvalue weighted by atomic mass is 10.3. The minimum atomic E-state index is -5.98. The van der Waals surface area contributed by atoms with Crippen LogP contribution in [-0.4, -0.2) is 31.5 Å². The zero-order valence-corrected chi connectivity index (χ0v) is 11.7. The van der Waals surface area contributed by atoms with Crippen LogP contribution in [0.1, 0.15) is 17.5 Å². The Morgan fingerprint density at radius 1 is 1.41 bits per heavy atom. The fourth-order valence-corrected chi connectivity index (χ4v) is 1.97. The Labute approximate surface area is 121 Å². The van der Waals surface area contributed by atoms with Crippen LogP contribution >= 0.6 is 0 Å². The summed E-state index contributed by atoms with van der Waals surface area (Å²) >= 11 is 0. The standard InChI is InChI=1S/C11H8F3NO6S/c1-2-19-10(16)9-8(21-22(17,18)11(12,13)14)6-5-15-4-3-7(6)20-9/h3-5H,2H2,1H3. The minimum Gasteiger partial charge on any atom is -0.460 e. The van der Waals surface area contributed by atoms with Gasteiger partial charge in [-0.1, -0.05) is 0 Å². The van der Waals surface area contributed by atoms with Crippen molar-refractivity contribution < 1.29 is 39.7 Å². The number of pyridine rings is 1. The second kappa shape index (κ2) is 5.48. The third-order valence-electron chi connectivity index (χ3n) is 2.38. The van der Waals surface area contributed by atoms with Gasteiger partial charge in [0.25, 0.3) is 5.76 Å². The minimum absolute atomic E-state index is 0.0783. The highest BCUT2D eigenvalue weighted by Gasteiger charge is 2.49. The topological polar surface area (TPSA) is 95.7 Å². The Morgan fingerprint density at radius 2 is 2.09 bits per heavy atom. The molecule has 120 valence electrons. The molecule has 0 saturated heterocycles. The summed E-state index contributed by atoms with van der Waals surface area (Å²) in [5.41, 5.74) is -5.74. The SMILES string of the molecule is CCOC(=O)c1oc2ccncc2c1OS(=O)(=O)C(F)(F)F. The molecule has 22 heavy (non-hydrogen) atoms. The molecule has 0 bridgehead atoms. The quantitative estimate of drug-likeness (QED) is 0.479. The van der Waals surface area contributed by atoms with Gasteiger partial charge < -0.3 is 13.3 Å². The summed E-state index contributed by atoms with van der Waals surface area (Å²) in [7, 11) is -5.98. The van der Waals surface area contributed by atoms with E-state index in [0.717, 1.165) is 6.20 Å². The molecule has 0 radical (unpaired) electrons. The molecule has 2 aromatic heterocycles. The van der Waals surface area contributed by atoms with E-state index in [0.29, 0.717) is 0 Å². The molecule has 7 nitrogen and oxygen atoms in total. The van der Waals surface area contributed by atoms with Gasteiger partial charge in [0.1, 0.15) is 5.58 Å². The Kier molecular flexibility index (Phi) is 4.00. The van der Waals surface area contributed by atoms with Gasteiger partial charge in [-0.05, 0) is 13.0 Å². The van der Waals surface area contributed by atoms with E-state index >= 15 is 0 Å². The maximum absolute atomic E-state index is 12.4. The lowest BCUT2D eigenvalue weighted by Crippen LogP contribution is -2.28. The number of hydrogen-bond acceptors (Lipinski definition) is 7. The van der Waals surface area contributed by atoms with Gasteiger partial charge in [0, 0.05) is 12.4 Å². The van der Waals surface area contributed by atoms with Gasteiger partial charge in [-0.15, -0.1) is 0 Å². The van der Waals surface area contributed by atoms with Crippen LogP contribution in [0.4, 0.5) is 13.2 Å². The monoisotopic (exact) mass is 339 g/mol. The van der Waals surface area contributed by atoms with Crippen molar-refractivity contribution >= 4 is 27.1 Å². The van der Waals surface area contributed by atoms with Gasteiger partial charge in [-0.2, -0.15) is 21.6 Å². The van der Waals surface area contributed by atoms with Crippen LogP contribution < -0.4 is 4.18 Å². The van der Waals surface area contributed by atoms with Gasteiger partial charge in [-0.3, -0.25) is 4.98 Å². The van der Waals surface area contributed by atoms with Crippen molar-refractivity contribution in [3.05, 3.63) is 24.2 Å². The zero-order valence-electron chi connectivity index (χ0n) is 10.9. The molecule has 0 N–H and O–H groups in total. The number of hydrogen-bond donors (Lipinski definition) is 0. The highest BCUT2D eigenvalue weighted by Crippen LogP contribution is 2.36. The van der Waals surface area contributed by atoms with Crippen LogP contribution in [0.2, 0.25) is 0 Å². The molecule has 0 aromatic carbocycles. The molecule has 2 rings (SSSR count). The van der Waals surface area contributed by atoms with E-state index in [-0.39, 0.29) is 17.6 Å². The third kappa shape index (κ3) is 2.84. The molecule has 0 unspecified atom stereocenters. The molecule has 11 heteroatoms. The van der Waals surface area contributed by atoms with Gasteiger partial charge in [0.05, 0.1) is 12.0 Å². The number of esters is 1. The zero-order chi connectivity index (χ0) is 16.5. The van der Waals surface area contributed by atoms with E-state index in [2.05, 4.69) is 13.9 Å². The maximum atomic E-state index is 12.4. The van der Waals surface area contributed by atoms with Crippen molar-refractivity contribution in [1.29, 1.82) is 0 Å². The summed E-state index contributed by atoms with van der Waals surface area (Å²) in [6, 6.07) is 1.23. The lowest BCUT2D eigenvalue weighted by Gasteiger charge is -2.09. The first-order valence-electron chi connectivity index (χ1n) is 5.71. The number of alkyl halides is 3. The first-order chi connectivity index (χ1) is 10.2. The molecule has 0 saturated carbocycles.